The van der Waals surface area contributed by atoms with Crippen LogP contribution in [0.5, 0.6) is 11.5 Å². The number of aliphatic hydroxyl groups is 1. The Morgan fingerprint density at radius 1 is 0.979 bits per heavy atom. The van der Waals surface area contributed by atoms with E-state index in [1.54, 1.807) is 31.3 Å². The van der Waals surface area contributed by atoms with Crippen molar-refractivity contribution in [1.29, 1.82) is 0 Å². The van der Waals surface area contributed by atoms with Crippen molar-refractivity contribution in [1.82, 2.24) is 15.0 Å². The Bertz CT molecular complexity index is 1740. The summed E-state index contributed by atoms with van der Waals surface area (Å²) in [6.07, 6.45) is 2.30. The van der Waals surface area contributed by atoms with E-state index in [-0.39, 0.29) is 28.6 Å². The highest BCUT2D eigenvalue weighted by atomic mass is 19.3. The van der Waals surface area contributed by atoms with Gasteiger partial charge in [0.1, 0.15) is 34.3 Å². The lowest BCUT2D eigenvalue weighted by molar-refractivity contribution is -0.159. The van der Waals surface area contributed by atoms with E-state index in [1.165, 1.54) is 30.5 Å². The normalized spacial score (nSPS) is 17.5. The fraction of sp³-hybridized carbons (Fsp3) is 0.324. The number of aromatic hydroxyl groups is 2. The third-order valence-electron chi connectivity index (χ3n) is 8.29. The summed E-state index contributed by atoms with van der Waals surface area (Å²) in [5.74, 6) is -2.03. The number of nitrogens with one attached hydrogen (secondary N) is 1. The lowest BCUT2D eigenvalue weighted by Gasteiger charge is -2.37. The average Bonchev–Trinajstić information content (AvgIpc) is 3.04. The molecular weight excluding hydrogens is 614 g/mol. The van der Waals surface area contributed by atoms with E-state index < -0.39 is 42.4 Å². The number of rotatable bonds is 10. The second-order valence-corrected chi connectivity index (χ2v) is 11.7. The number of phenols is 2. The highest BCUT2D eigenvalue weighted by Gasteiger charge is 2.39. The van der Waals surface area contributed by atoms with Gasteiger partial charge in [-0.1, -0.05) is 0 Å². The van der Waals surface area contributed by atoms with Crippen LogP contribution in [0.3, 0.4) is 0 Å². The maximum Gasteiger partial charge on any atom is 0.344 e. The summed E-state index contributed by atoms with van der Waals surface area (Å²) in [4.78, 5) is 38.0. The van der Waals surface area contributed by atoms with Crippen molar-refractivity contribution in [2.45, 2.75) is 51.6 Å². The van der Waals surface area contributed by atoms with Crippen LogP contribution >= 0.6 is 0 Å². The molecule has 0 bridgehead atoms. The number of pyridine rings is 3. The van der Waals surface area contributed by atoms with Crippen LogP contribution < -0.4 is 5.32 Å². The molecule has 0 amide bonds. The Morgan fingerprint density at radius 3 is 2.43 bits per heavy atom. The average molecular weight is 649 g/mol. The molecule has 3 aromatic heterocycles. The molecule has 11 nitrogen and oxygen atoms in total. The monoisotopic (exact) mass is 648 g/mol. The molecule has 1 aliphatic rings. The SMILES string of the molecule is Cc1cc(Nc2cc(C(F)F)ccn2)nc(-c2ccc([C@](C)(O)C3CCC(C(=O)OCOC(=O)c4ccc(O)cc4O)CC3)nc2)c1. The molecule has 1 aromatic carbocycles. The van der Waals surface area contributed by atoms with Gasteiger partial charge in [-0.3, -0.25) is 9.78 Å². The van der Waals surface area contributed by atoms with Crippen LogP contribution in [0.1, 0.15) is 66.2 Å². The van der Waals surface area contributed by atoms with Gasteiger partial charge in [-0.2, -0.15) is 0 Å². The third kappa shape index (κ3) is 7.98. The first-order valence-corrected chi connectivity index (χ1v) is 15.0. The van der Waals surface area contributed by atoms with Crippen molar-refractivity contribution in [2.75, 3.05) is 12.1 Å². The third-order valence-corrected chi connectivity index (χ3v) is 8.29. The van der Waals surface area contributed by atoms with Crippen LogP contribution in [0.2, 0.25) is 0 Å². The number of phenolic OH excluding ortho intramolecular Hbond substituents is 2. The highest BCUT2D eigenvalue weighted by molar-refractivity contribution is 5.92. The number of hydrogen-bond donors (Lipinski definition) is 4. The Hall–Kier alpha value is -5.17. The van der Waals surface area contributed by atoms with Gasteiger partial charge in [0, 0.05) is 29.6 Å². The number of benzene rings is 1. The Labute approximate surface area is 269 Å². The number of anilines is 2. The molecule has 0 radical (unpaired) electrons. The van der Waals surface area contributed by atoms with Gasteiger partial charge >= 0.3 is 11.9 Å². The summed E-state index contributed by atoms with van der Waals surface area (Å²) in [6, 6.07) is 13.1. The van der Waals surface area contributed by atoms with Crippen LogP contribution in [0, 0.1) is 18.8 Å². The van der Waals surface area contributed by atoms with Crippen LogP contribution in [-0.4, -0.2) is 49.0 Å². The summed E-state index contributed by atoms with van der Waals surface area (Å²) >= 11 is 0. The van der Waals surface area contributed by atoms with Crippen molar-refractivity contribution in [3.05, 3.63) is 89.4 Å². The van der Waals surface area contributed by atoms with E-state index in [0.717, 1.165) is 11.6 Å². The number of carbonyl (C=O) groups excluding carboxylic acids is 2. The quantitative estimate of drug-likeness (QED) is 0.113. The minimum Gasteiger partial charge on any atom is -0.508 e. The zero-order valence-corrected chi connectivity index (χ0v) is 25.7. The van der Waals surface area contributed by atoms with Gasteiger partial charge in [0.25, 0.3) is 6.43 Å². The number of aryl methyl sites for hydroxylation is 1. The Kier molecular flexibility index (Phi) is 9.95. The molecule has 5 rings (SSSR count). The predicted octanol–water partition coefficient (Wildman–Crippen LogP) is 6.31. The second-order valence-electron chi connectivity index (χ2n) is 11.7. The predicted molar refractivity (Wildman–Crippen MR) is 166 cm³/mol. The maximum absolute atomic E-state index is 13.1. The Balaban J connectivity index is 1.15. The maximum atomic E-state index is 13.1. The molecule has 13 heteroatoms. The molecule has 1 atom stereocenters. The number of hydrogen-bond acceptors (Lipinski definition) is 11. The zero-order valence-electron chi connectivity index (χ0n) is 25.7. The lowest BCUT2D eigenvalue weighted by atomic mass is 9.73. The molecule has 246 valence electrons. The van der Waals surface area contributed by atoms with E-state index in [2.05, 4.69) is 20.3 Å². The highest BCUT2D eigenvalue weighted by Crippen LogP contribution is 2.41. The van der Waals surface area contributed by atoms with Crippen molar-refractivity contribution in [3.8, 4) is 22.8 Å². The largest absolute Gasteiger partial charge is 0.508 e. The topological polar surface area (TPSA) is 164 Å². The molecule has 0 aliphatic heterocycles. The minimum absolute atomic E-state index is 0.149. The summed E-state index contributed by atoms with van der Waals surface area (Å²) in [5, 5.41) is 33.6. The van der Waals surface area contributed by atoms with E-state index in [1.807, 2.05) is 13.0 Å². The molecule has 4 N–H and O–H groups in total. The van der Waals surface area contributed by atoms with Gasteiger partial charge in [0.05, 0.1) is 17.3 Å². The van der Waals surface area contributed by atoms with Gasteiger partial charge in [0.15, 0.2) is 0 Å². The summed E-state index contributed by atoms with van der Waals surface area (Å²) in [6.45, 7) is 2.96. The molecule has 1 saturated carbocycles. The first-order valence-electron chi connectivity index (χ1n) is 15.0. The van der Waals surface area contributed by atoms with Gasteiger partial charge in [-0.15, -0.1) is 0 Å². The molecule has 0 saturated heterocycles. The number of carbonyl (C=O) groups is 2. The second kappa shape index (κ2) is 14.1. The van der Waals surface area contributed by atoms with Crippen LogP contribution in [0.15, 0.2) is 67.0 Å². The summed E-state index contributed by atoms with van der Waals surface area (Å²) in [7, 11) is 0. The minimum atomic E-state index is -2.62. The molecule has 1 fully saturated rings. The number of alkyl halides is 2. The number of esters is 2. The number of nitrogens with zero attached hydrogens (tertiary/aromatic N) is 3. The van der Waals surface area contributed by atoms with E-state index in [4.69, 9.17) is 9.47 Å². The summed E-state index contributed by atoms with van der Waals surface area (Å²) < 4.78 is 36.3. The molecular formula is C34H34F2N4O7. The zero-order chi connectivity index (χ0) is 33.7. The van der Waals surface area contributed by atoms with Crippen molar-refractivity contribution < 1.29 is 43.2 Å². The van der Waals surface area contributed by atoms with Crippen LogP contribution in [0.4, 0.5) is 20.4 Å². The van der Waals surface area contributed by atoms with Gasteiger partial charge < -0.3 is 30.1 Å². The number of aromatic nitrogens is 3. The van der Waals surface area contributed by atoms with Gasteiger partial charge in [0.2, 0.25) is 6.79 Å². The van der Waals surface area contributed by atoms with E-state index >= 15 is 0 Å². The number of halogens is 2. The van der Waals surface area contributed by atoms with E-state index in [9.17, 15) is 33.7 Å². The molecule has 0 spiro atoms. The molecule has 1 aliphatic carbocycles. The van der Waals surface area contributed by atoms with Crippen LogP contribution in [-0.2, 0) is 19.9 Å². The van der Waals surface area contributed by atoms with E-state index in [0.29, 0.717) is 48.5 Å². The molecule has 0 unspecified atom stereocenters. The number of ether oxygens (including phenoxy) is 2. The first-order chi connectivity index (χ1) is 22.4. The smallest absolute Gasteiger partial charge is 0.344 e. The molecule has 3 heterocycles. The fourth-order valence-corrected chi connectivity index (χ4v) is 5.64. The van der Waals surface area contributed by atoms with Gasteiger partial charge in [-0.05, 0) is 99.5 Å². The Morgan fingerprint density at radius 2 is 1.74 bits per heavy atom. The van der Waals surface area contributed by atoms with Crippen LogP contribution in [0.25, 0.3) is 11.3 Å². The molecule has 47 heavy (non-hydrogen) atoms. The summed E-state index contributed by atoms with van der Waals surface area (Å²) in [5.41, 5.74) is 1.04. The van der Waals surface area contributed by atoms with Crippen molar-refractivity contribution in [2.24, 2.45) is 11.8 Å². The van der Waals surface area contributed by atoms with Gasteiger partial charge in [-0.25, -0.2) is 23.5 Å². The lowest BCUT2D eigenvalue weighted by Crippen LogP contribution is -2.37. The van der Waals surface area contributed by atoms with Crippen molar-refractivity contribution in [3.63, 3.8) is 0 Å². The molecule has 4 aromatic rings. The van der Waals surface area contributed by atoms with Crippen molar-refractivity contribution >= 4 is 23.6 Å². The standard InChI is InChI=1S/C34H34F2N4O7/c1-19-13-26(39-30(14-19)40-29-15-21(31(35)36)11-12-37-29)22-5-10-28(38-17-22)34(2,45)23-6-3-20(4-7-23)32(43)46-18-47-33(44)25-9-8-24(41)16-27(25)42/h5,8-17,20,23,31,41-42,45H,3-4,6-7,18H2,1-2H3,(H,37,39,40)/t20?,23?,34-/m1/s1. The first kappa shape index (κ1) is 33.2. The fourth-order valence-electron chi connectivity index (χ4n) is 5.64.